The minimum atomic E-state index is -3.77. The maximum Gasteiger partial charge on any atom is 0.263 e. The summed E-state index contributed by atoms with van der Waals surface area (Å²) in [6.07, 6.45) is 1.73. The molecule has 1 N–H and O–H groups in total. The van der Waals surface area contributed by atoms with Crippen LogP contribution in [0.3, 0.4) is 0 Å². The summed E-state index contributed by atoms with van der Waals surface area (Å²) in [5.74, 6) is 0.238. The van der Waals surface area contributed by atoms with E-state index in [0.29, 0.717) is 16.0 Å². The number of rotatable bonds is 5. The Morgan fingerprint density at radius 1 is 1.00 bits per heavy atom. The summed E-state index contributed by atoms with van der Waals surface area (Å²) in [7, 11) is -3.77. The van der Waals surface area contributed by atoms with Gasteiger partial charge in [-0.1, -0.05) is 54.1 Å². The molecule has 1 heterocycles. The average Bonchev–Trinajstić information content (AvgIpc) is 3.01. The SMILES string of the molecule is O=S(=O)(Nc1nn(Cc2ccc(Cl)cc2)cc1Br)c1ccc2ccccc2c1. The van der Waals surface area contributed by atoms with Crippen molar-refractivity contribution in [1.82, 2.24) is 9.78 Å². The van der Waals surface area contributed by atoms with E-state index >= 15 is 0 Å². The summed E-state index contributed by atoms with van der Waals surface area (Å²) in [4.78, 5) is 0.186. The molecule has 0 fully saturated rings. The smallest absolute Gasteiger partial charge is 0.263 e. The lowest BCUT2D eigenvalue weighted by atomic mass is 10.1. The van der Waals surface area contributed by atoms with Crippen molar-refractivity contribution in [3.63, 3.8) is 0 Å². The highest BCUT2D eigenvalue weighted by atomic mass is 79.9. The number of anilines is 1. The summed E-state index contributed by atoms with van der Waals surface area (Å²) in [6.45, 7) is 0.494. The van der Waals surface area contributed by atoms with Gasteiger partial charge in [0.25, 0.3) is 10.0 Å². The molecule has 0 bridgehead atoms. The molecule has 8 heteroatoms. The lowest BCUT2D eigenvalue weighted by Crippen LogP contribution is -2.14. The zero-order chi connectivity index (χ0) is 19.7. The van der Waals surface area contributed by atoms with Crippen LogP contribution in [0.2, 0.25) is 5.02 Å². The van der Waals surface area contributed by atoms with E-state index in [9.17, 15) is 8.42 Å². The van der Waals surface area contributed by atoms with Crippen LogP contribution in [0.15, 0.2) is 82.3 Å². The van der Waals surface area contributed by atoms with Crippen molar-refractivity contribution in [3.8, 4) is 0 Å². The minimum absolute atomic E-state index is 0.186. The quantitative estimate of drug-likeness (QED) is 0.425. The molecule has 142 valence electrons. The van der Waals surface area contributed by atoms with E-state index < -0.39 is 10.0 Å². The molecule has 0 saturated carbocycles. The lowest BCUT2D eigenvalue weighted by molar-refractivity contribution is 0.600. The predicted octanol–water partition coefficient (Wildman–Crippen LogP) is 5.30. The molecule has 0 amide bonds. The Labute approximate surface area is 176 Å². The second-order valence-corrected chi connectivity index (χ2v) is 9.24. The van der Waals surface area contributed by atoms with Crippen LogP contribution >= 0.6 is 27.5 Å². The number of hydrogen-bond acceptors (Lipinski definition) is 3. The monoisotopic (exact) mass is 475 g/mol. The molecule has 0 aliphatic carbocycles. The number of hydrogen-bond donors (Lipinski definition) is 1. The maximum absolute atomic E-state index is 12.8. The standard InChI is InChI=1S/C20H15BrClN3O2S/c21-19-13-25(12-14-5-8-17(22)9-6-14)23-20(19)24-28(26,27)18-10-7-15-3-1-2-4-16(15)11-18/h1-11,13H,12H2,(H,23,24). The van der Waals surface area contributed by atoms with Gasteiger partial charge in [-0.3, -0.25) is 9.40 Å². The average molecular weight is 477 g/mol. The van der Waals surface area contributed by atoms with Gasteiger partial charge in [0.15, 0.2) is 5.82 Å². The lowest BCUT2D eigenvalue weighted by Gasteiger charge is -2.07. The first kappa shape index (κ1) is 19.0. The third kappa shape index (κ3) is 4.06. The highest BCUT2D eigenvalue weighted by Crippen LogP contribution is 2.25. The number of fused-ring (bicyclic) bond motifs is 1. The number of aromatic nitrogens is 2. The Morgan fingerprint density at radius 3 is 2.46 bits per heavy atom. The summed E-state index contributed by atoms with van der Waals surface area (Å²) >= 11 is 9.28. The minimum Gasteiger partial charge on any atom is -0.265 e. The third-order valence-corrected chi connectivity index (χ3v) is 6.41. The Hall–Kier alpha value is -2.35. The Bertz CT molecular complexity index is 1250. The predicted molar refractivity (Wildman–Crippen MR) is 115 cm³/mol. The second kappa shape index (κ2) is 7.58. The van der Waals surface area contributed by atoms with Gasteiger partial charge in [0, 0.05) is 11.2 Å². The molecule has 0 saturated heterocycles. The van der Waals surface area contributed by atoms with E-state index in [0.717, 1.165) is 16.3 Å². The van der Waals surface area contributed by atoms with E-state index in [1.165, 1.54) is 0 Å². The van der Waals surface area contributed by atoms with Crippen LogP contribution in [0.5, 0.6) is 0 Å². The topological polar surface area (TPSA) is 64.0 Å². The van der Waals surface area contributed by atoms with Crippen LogP contribution in [0.1, 0.15) is 5.56 Å². The van der Waals surface area contributed by atoms with Crippen LogP contribution < -0.4 is 4.72 Å². The fourth-order valence-electron chi connectivity index (χ4n) is 2.84. The van der Waals surface area contributed by atoms with Crippen molar-refractivity contribution < 1.29 is 8.42 Å². The van der Waals surface area contributed by atoms with Gasteiger partial charge in [-0.2, -0.15) is 5.10 Å². The molecule has 0 aliphatic heterocycles. The zero-order valence-electron chi connectivity index (χ0n) is 14.5. The molecule has 4 rings (SSSR count). The van der Waals surface area contributed by atoms with Gasteiger partial charge in [0.05, 0.1) is 15.9 Å². The van der Waals surface area contributed by atoms with E-state index in [1.807, 2.05) is 36.4 Å². The van der Waals surface area contributed by atoms with E-state index in [4.69, 9.17) is 11.6 Å². The van der Waals surface area contributed by atoms with Crippen LogP contribution in [-0.2, 0) is 16.6 Å². The molecular weight excluding hydrogens is 462 g/mol. The van der Waals surface area contributed by atoms with Crippen molar-refractivity contribution in [2.75, 3.05) is 4.72 Å². The van der Waals surface area contributed by atoms with Crippen LogP contribution in [0.4, 0.5) is 5.82 Å². The summed E-state index contributed by atoms with van der Waals surface area (Å²) in [5.41, 5.74) is 1.00. The normalized spacial score (nSPS) is 11.6. The first-order valence-corrected chi connectivity index (χ1v) is 11.1. The molecule has 3 aromatic carbocycles. The van der Waals surface area contributed by atoms with Crippen LogP contribution in [-0.4, -0.2) is 18.2 Å². The maximum atomic E-state index is 12.8. The second-order valence-electron chi connectivity index (χ2n) is 6.26. The largest absolute Gasteiger partial charge is 0.265 e. The molecule has 28 heavy (non-hydrogen) atoms. The molecule has 0 aliphatic rings. The zero-order valence-corrected chi connectivity index (χ0v) is 17.7. The summed E-state index contributed by atoms with van der Waals surface area (Å²) < 4.78 is 30.4. The first-order valence-electron chi connectivity index (χ1n) is 8.40. The van der Waals surface area contributed by atoms with Crippen molar-refractivity contribution in [2.45, 2.75) is 11.4 Å². The third-order valence-electron chi connectivity index (χ3n) is 4.24. The molecule has 1 aromatic heterocycles. The van der Waals surface area contributed by atoms with Crippen molar-refractivity contribution >= 4 is 54.1 Å². The fraction of sp³-hybridized carbons (Fsp3) is 0.0500. The van der Waals surface area contributed by atoms with E-state index in [-0.39, 0.29) is 10.7 Å². The van der Waals surface area contributed by atoms with Gasteiger partial charge in [0.1, 0.15) is 0 Å². The number of sulfonamides is 1. The van der Waals surface area contributed by atoms with Crippen LogP contribution in [0.25, 0.3) is 10.8 Å². The number of benzene rings is 3. The van der Waals surface area contributed by atoms with Gasteiger partial charge in [-0.15, -0.1) is 0 Å². The summed E-state index contributed by atoms with van der Waals surface area (Å²) in [5, 5.41) is 6.85. The van der Waals surface area contributed by atoms with Crippen LogP contribution in [0, 0.1) is 0 Å². The molecular formula is C20H15BrClN3O2S. The highest BCUT2D eigenvalue weighted by molar-refractivity contribution is 9.10. The van der Waals surface area contributed by atoms with Gasteiger partial charge >= 0.3 is 0 Å². The fourth-order valence-corrected chi connectivity index (χ4v) is 4.57. The van der Waals surface area contributed by atoms with Gasteiger partial charge in [-0.05, 0) is 56.5 Å². The Morgan fingerprint density at radius 2 is 1.71 bits per heavy atom. The van der Waals surface area contributed by atoms with Crippen molar-refractivity contribution in [3.05, 3.63) is 88.0 Å². The van der Waals surface area contributed by atoms with E-state index in [2.05, 4.69) is 25.8 Å². The number of nitrogens with one attached hydrogen (secondary N) is 1. The highest BCUT2D eigenvalue weighted by Gasteiger charge is 2.18. The van der Waals surface area contributed by atoms with Crippen molar-refractivity contribution in [1.29, 1.82) is 0 Å². The number of nitrogens with zero attached hydrogens (tertiary/aromatic N) is 2. The summed E-state index contributed by atoms with van der Waals surface area (Å²) in [6, 6.07) is 20.0. The van der Waals surface area contributed by atoms with Gasteiger partial charge < -0.3 is 0 Å². The van der Waals surface area contributed by atoms with E-state index in [1.54, 1.807) is 41.2 Å². The molecule has 0 unspecified atom stereocenters. The molecule has 4 aromatic rings. The first-order chi connectivity index (χ1) is 13.4. The van der Waals surface area contributed by atoms with Gasteiger partial charge in [0.2, 0.25) is 0 Å². The molecule has 0 radical (unpaired) electrons. The Kier molecular flexibility index (Phi) is 5.14. The Balaban J connectivity index is 1.58. The number of halogens is 2. The molecule has 0 atom stereocenters. The molecule has 0 spiro atoms. The molecule has 5 nitrogen and oxygen atoms in total. The van der Waals surface area contributed by atoms with Crippen molar-refractivity contribution in [2.24, 2.45) is 0 Å². The van der Waals surface area contributed by atoms with Gasteiger partial charge in [-0.25, -0.2) is 8.42 Å².